The molecule has 0 spiro atoms. The lowest BCUT2D eigenvalue weighted by Crippen LogP contribution is -2.49. The highest BCUT2D eigenvalue weighted by molar-refractivity contribution is 5.92. The van der Waals surface area contributed by atoms with Crippen molar-refractivity contribution in [2.24, 2.45) is 0 Å². The molecule has 1 saturated heterocycles. The number of nitrogens with one attached hydrogen (secondary N) is 1. The van der Waals surface area contributed by atoms with Gasteiger partial charge in [-0.25, -0.2) is 14.0 Å². The van der Waals surface area contributed by atoms with E-state index in [1.165, 1.54) is 17.0 Å². The molecule has 2 amide bonds. The van der Waals surface area contributed by atoms with Gasteiger partial charge in [0, 0.05) is 6.54 Å². The molecular weight excluding hydrogens is 263 g/mol. The quantitative estimate of drug-likeness (QED) is 0.874. The Hall–Kier alpha value is -2.11. The zero-order valence-electron chi connectivity index (χ0n) is 11.2. The number of carboxylic acids is 1. The minimum Gasteiger partial charge on any atom is -0.480 e. The Balaban J connectivity index is 2.12. The molecule has 1 aromatic rings. The molecule has 6 heteroatoms. The molecule has 2 N–H and O–H groups in total. The molecule has 20 heavy (non-hydrogen) atoms. The number of carboxylic acid groups (broad SMARTS) is 1. The van der Waals surface area contributed by atoms with Gasteiger partial charge in [-0.2, -0.15) is 0 Å². The minimum atomic E-state index is -1.02. The maximum atomic E-state index is 13.7. The van der Waals surface area contributed by atoms with E-state index in [1.807, 2.05) is 0 Å². The molecule has 1 unspecified atom stereocenters. The van der Waals surface area contributed by atoms with Crippen LogP contribution in [0.15, 0.2) is 18.2 Å². The van der Waals surface area contributed by atoms with E-state index in [2.05, 4.69) is 5.32 Å². The van der Waals surface area contributed by atoms with Gasteiger partial charge in [0.1, 0.15) is 11.9 Å². The summed E-state index contributed by atoms with van der Waals surface area (Å²) in [4.78, 5) is 24.5. The highest BCUT2D eigenvalue weighted by atomic mass is 19.1. The summed E-state index contributed by atoms with van der Waals surface area (Å²) in [6.45, 7) is 2.12. The van der Waals surface area contributed by atoms with Crippen LogP contribution in [0.3, 0.4) is 0 Å². The number of urea groups is 1. The molecule has 0 radical (unpaired) electrons. The van der Waals surface area contributed by atoms with E-state index in [0.717, 1.165) is 18.4 Å². The molecule has 0 bridgehead atoms. The van der Waals surface area contributed by atoms with Crippen molar-refractivity contribution in [2.45, 2.75) is 32.2 Å². The van der Waals surface area contributed by atoms with Crippen molar-refractivity contribution < 1.29 is 19.1 Å². The first-order valence-corrected chi connectivity index (χ1v) is 6.55. The largest absolute Gasteiger partial charge is 0.480 e. The molecule has 1 aliphatic rings. The summed E-state index contributed by atoms with van der Waals surface area (Å²) in [5, 5.41) is 11.6. The Bertz CT molecular complexity index is 533. The van der Waals surface area contributed by atoms with Gasteiger partial charge in [-0.15, -0.1) is 0 Å². The molecule has 1 atom stereocenters. The number of hydrogen-bond donors (Lipinski definition) is 2. The smallest absolute Gasteiger partial charge is 0.326 e. The average Bonchev–Trinajstić information content (AvgIpc) is 2.41. The average molecular weight is 280 g/mol. The molecule has 1 aromatic carbocycles. The summed E-state index contributed by atoms with van der Waals surface area (Å²) >= 11 is 0. The van der Waals surface area contributed by atoms with Gasteiger partial charge < -0.3 is 15.3 Å². The summed E-state index contributed by atoms with van der Waals surface area (Å²) in [6.07, 6.45) is 1.96. The normalized spacial score (nSPS) is 18.7. The molecule has 108 valence electrons. The monoisotopic (exact) mass is 280 g/mol. The highest BCUT2D eigenvalue weighted by Crippen LogP contribution is 2.20. The molecular formula is C14H17FN2O3. The van der Waals surface area contributed by atoms with Crippen molar-refractivity contribution in [1.82, 2.24) is 4.90 Å². The van der Waals surface area contributed by atoms with E-state index in [1.54, 1.807) is 13.0 Å². The van der Waals surface area contributed by atoms with Gasteiger partial charge in [-0.1, -0.05) is 6.07 Å². The fourth-order valence-electron chi connectivity index (χ4n) is 2.34. The van der Waals surface area contributed by atoms with Crippen LogP contribution in [0.2, 0.25) is 0 Å². The number of likely N-dealkylation sites (tertiary alicyclic amines) is 1. The summed E-state index contributed by atoms with van der Waals surface area (Å²) in [5.41, 5.74) is 0.817. The Labute approximate surface area is 116 Å². The van der Waals surface area contributed by atoms with E-state index < -0.39 is 23.9 Å². The third-order valence-electron chi connectivity index (χ3n) is 3.41. The number of aliphatic carboxylic acids is 1. The zero-order valence-corrected chi connectivity index (χ0v) is 11.2. The number of carbonyl (C=O) groups is 2. The summed E-state index contributed by atoms with van der Waals surface area (Å²) < 4.78 is 13.7. The first-order chi connectivity index (χ1) is 9.49. The number of carbonyl (C=O) groups excluding carboxylic acids is 1. The zero-order chi connectivity index (χ0) is 14.7. The van der Waals surface area contributed by atoms with Crippen molar-refractivity contribution in [3.05, 3.63) is 29.6 Å². The predicted octanol–water partition coefficient (Wildman–Crippen LogP) is 2.61. The van der Waals surface area contributed by atoms with Gasteiger partial charge in [0.15, 0.2) is 0 Å². The standard InChI is InChI=1S/C14H17FN2O3/c1-9-5-6-11(10(15)8-9)16-14(20)17-7-3-2-4-12(17)13(18)19/h5-6,8,12H,2-4,7H2,1H3,(H,16,20)(H,18,19). The Kier molecular flexibility index (Phi) is 4.22. The van der Waals surface area contributed by atoms with Crippen molar-refractivity contribution in [2.75, 3.05) is 11.9 Å². The molecule has 0 saturated carbocycles. The number of benzene rings is 1. The van der Waals surface area contributed by atoms with Gasteiger partial charge in [0.2, 0.25) is 0 Å². The molecule has 0 aliphatic carbocycles. The summed E-state index contributed by atoms with van der Waals surface area (Å²) in [6, 6.07) is 3.07. The van der Waals surface area contributed by atoms with Crippen LogP contribution in [0.5, 0.6) is 0 Å². The third-order valence-corrected chi connectivity index (χ3v) is 3.41. The lowest BCUT2D eigenvalue weighted by atomic mass is 10.0. The molecule has 5 nitrogen and oxygen atoms in total. The Morgan fingerprint density at radius 2 is 2.15 bits per heavy atom. The number of hydrogen-bond acceptors (Lipinski definition) is 2. The fraction of sp³-hybridized carbons (Fsp3) is 0.429. The van der Waals surface area contributed by atoms with Crippen molar-refractivity contribution in [3.8, 4) is 0 Å². The van der Waals surface area contributed by atoms with Gasteiger partial charge in [-0.05, 0) is 43.9 Å². The number of piperidine rings is 1. The van der Waals surface area contributed by atoms with Crippen LogP contribution in [-0.2, 0) is 4.79 Å². The first kappa shape index (κ1) is 14.3. The molecule has 2 rings (SSSR count). The second-order valence-electron chi connectivity index (χ2n) is 4.96. The lowest BCUT2D eigenvalue weighted by molar-refractivity contribution is -0.143. The third kappa shape index (κ3) is 3.07. The maximum Gasteiger partial charge on any atom is 0.326 e. The van der Waals surface area contributed by atoms with Crippen LogP contribution < -0.4 is 5.32 Å². The van der Waals surface area contributed by atoms with E-state index >= 15 is 0 Å². The van der Waals surface area contributed by atoms with Gasteiger partial charge in [0.05, 0.1) is 5.69 Å². The van der Waals surface area contributed by atoms with Crippen molar-refractivity contribution in [1.29, 1.82) is 0 Å². The number of anilines is 1. The predicted molar refractivity (Wildman–Crippen MR) is 72.1 cm³/mol. The summed E-state index contributed by atoms with van der Waals surface area (Å²) in [7, 11) is 0. The molecule has 1 aliphatic heterocycles. The van der Waals surface area contributed by atoms with Crippen LogP contribution in [-0.4, -0.2) is 34.6 Å². The Morgan fingerprint density at radius 1 is 1.40 bits per heavy atom. The van der Waals surface area contributed by atoms with Crippen LogP contribution in [0.4, 0.5) is 14.9 Å². The topological polar surface area (TPSA) is 69.6 Å². The van der Waals surface area contributed by atoms with Gasteiger partial charge in [0.25, 0.3) is 0 Å². The number of amides is 2. The molecule has 0 aromatic heterocycles. The van der Waals surface area contributed by atoms with E-state index in [-0.39, 0.29) is 5.69 Å². The van der Waals surface area contributed by atoms with Crippen LogP contribution in [0.25, 0.3) is 0 Å². The van der Waals surface area contributed by atoms with Gasteiger partial charge in [-0.3, -0.25) is 0 Å². The maximum absolute atomic E-state index is 13.7. The van der Waals surface area contributed by atoms with Crippen LogP contribution in [0.1, 0.15) is 24.8 Å². The first-order valence-electron chi connectivity index (χ1n) is 6.55. The summed E-state index contributed by atoms with van der Waals surface area (Å²) in [5.74, 6) is -1.55. The van der Waals surface area contributed by atoms with Crippen molar-refractivity contribution >= 4 is 17.7 Å². The number of nitrogens with zero attached hydrogens (tertiary/aromatic N) is 1. The van der Waals surface area contributed by atoms with Gasteiger partial charge >= 0.3 is 12.0 Å². The van der Waals surface area contributed by atoms with E-state index in [4.69, 9.17) is 5.11 Å². The number of rotatable bonds is 2. The fourth-order valence-corrected chi connectivity index (χ4v) is 2.34. The van der Waals surface area contributed by atoms with Crippen LogP contribution in [0, 0.1) is 12.7 Å². The second kappa shape index (κ2) is 5.90. The lowest BCUT2D eigenvalue weighted by Gasteiger charge is -2.32. The minimum absolute atomic E-state index is 0.0651. The van der Waals surface area contributed by atoms with E-state index in [9.17, 15) is 14.0 Å². The van der Waals surface area contributed by atoms with E-state index in [0.29, 0.717) is 13.0 Å². The second-order valence-corrected chi connectivity index (χ2v) is 4.96. The molecule has 1 heterocycles. The number of halogens is 1. The van der Waals surface area contributed by atoms with Crippen LogP contribution >= 0.6 is 0 Å². The SMILES string of the molecule is Cc1ccc(NC(=O)N2CCCCC2C(=O)O)c(F)c1. The Morgan fingerprint density at radius 3 is 2.80 bits per heavy atom. The molecule has 1 fully saturated rings. The number of aryl methyl sites for hydroxylation is 1. The van der Waals surface area contributed by atoms with Crippen molar-refractivity contribution in [3.63, 3.8) is 0 Å². The highest BCUT2D eigenvalue weighted by Gasteiger charge is 2.32.